The summed E-state index contributed by atoms with van der Waals surface area (Å²) < 4.78 is 0. The number of rotatable bonds is 3. The molecule has 0 atom stereocenters. The Morgan fingerprint density at radius 2 is 2.08 bits per heavy atom. The van der Waals surface area contributed by atoms with Crippen LogP contribution in [0, 0.1) is 0 Å². The zero-order valence-electron chi connectivity index (χ0n) is 6.82. The first-order chi connectivity index (χ1) is 5.84. The lowest BCUT2D eigenvalue weighted by Crippen LogP contribution is -2.06. The maximum absolute atomic E-state index is 9.92. The molecule has 1 aromatic carbocycles. The van der Waals surface area contributed by atoms with Crippen molar-refractivity contribution in [2.24, 2.45) is 5.10 Å². The zero-order chi connectivity index (χ0) is 8.81. The van der Waals surface area contributed by atoms with E-state index >= 15 is 0 Å². The van der Waals surface area contributed by atoms with Crippen LogP contribution >= 0.6 is 0 Å². The molecule has 0 bridgehead atoms. The van der Waals surface area contributed by atoms with Crippen molar-refractivity contribution in [3.63, 3.8) is 0 Å². The van der Waals surface area contributed by atoms with Crippen LogP contribution in [0.4, 0.5) is 0 Å². The maximum atomic E-state index is 9.92. The summed E-state index contributed by atoms with van der Waals surface area (Å²) in [4.78, 5) is 9.92. The monoisotopic (exact) mass is 162 g/mol. The quantitative estimate of drug-likeness (QED) is 0.404. The average Bonchev–Trinajstić information content (AvgIpc) is 2.15. The number of amides is 1. The normalized spacial score (nSPS) is 10.9. The topological polar surface area (TPSA) is 41.5 Å². The predicted molar refractivity (Wildman–Crippen MR) is 47.9 cm³/mol. The Morgan fingerprint density at radius 3 is 2.67 bits per heavy atom. The maximum Gasteiger partial charge on any atom is 0.227 e. The van der Waals surface area contributed by atoms with E-state index in [0.29, 0.717) is 6.41 Å². The largest absolute Gasteiger partial charge is 0.277 e. The molecule has 1 rings (SSSR count). The van der Waals surface area contributed by atoms with Crippen molar-refractivity contribution in [1.82, 2.24) is 5.43 Å². The van der Waals surface area contributed by atoms with Crippen molar-refractivity contribution < 1.29 is 4.79 Å². The molecule has 3 nitrogen and oxygen atoms in total. The smallest absolute Gasteiger partial charge is 0.227 e. The summed E-state index contributed by atoms with van der Waals surface area (Å²) in [6, 6.07) is 9.66. The van der Waals surface area contributed by atoms with Crippen LogP contribution in [0.5, 0.6) is 0 Å². The minimum atomic E-state index is 0.548. The summed E-state index contributed by atoms with van der Waals surface area (Å²) in [7, 11) is 0. The molecule has 0 radical (unpaired) electrons. The molecule has 0 aliphatic rings. The number of nitrogens with zero attached hydrogens (tertiary/aromatic N) is 1. The number of carbonyl (C=O) groups excluding carboxylic acids is 1. The van der Waals surface area contributed by atoms with Gasteiger partial charge in [-0.1, -0.05) is 30.3 Å². The Bertz CT molecular complexity index is 280. The third-order valence-electron chi connectivity index (χ3n) is 1.48. The van der Waals surface area contributed by atoms with E-state index < -0.39 is 0 Å². The highest BCUT2D eigenvalue weighted by molar-refractivity contribution is 5.98. The van der Waals surface area contributed by atoms with Gasteiger partial charge in [0.15, 0.2) is 0 Å². The van der Waals surface area contributed by atoms with Crippen molar-refractivity contribution in [2.75, 3.05) is 0 Å². The summed E-state index contributed by atoms with van der Waals surface area (Å²) in [6.07, 6.45) is 0.548. The van der Waals surface area contributed by atoms with E-state index in [1.54, 1.807) is 0 Å². The molecule has 0 saturated heterocycles. The molecule has 0 fully saturated rings. The molecule has 0 saturated carbocycles. The highest BCUT2D eigenvalue weighted by Crippen LogP contribution is 1.99. The molecule has 0 heterocycles. The molecule has 0 spiro atoms. The van der Waals surface area contributed by atoms with Crippen LogP contribution in [-0.2, 0) is 4.79 Å². The van der Waals surface area contributed by atoms with Crippen LogP contribution in [0.15, 0.2) is 35.4 Å². The second-order valence-corrected chi connectivity index (χ2v) is 2.31. The van der Waals surface area contributed by atoms with Gasteiger partial charge in [0.05, 0.1) is 5.71 Å². The van der Waals surface area contributed by atoms with Gasteiger partial charge in [-0.3, -0.25) is 4.79 Å². The standard InChI is InChI=1S/C9H10N2O/c1-8(11-10-7-12)9-5-3-2-4-6-9/h2-7H,1H3,(H,10,12)/b11-8+. The minimum absolute atomic E-state index is 0.548. The Hall–Kier alpha value is -1.64. The van der Waals surface area contributed by atoms with Crippen LogP contribution in [0.3, 0.4) is 0 Å². The fourth-order valence-corrected chi connectivity index (χ4v) is 0.867. The zero-order valence-corrected chi connectivity index (χ0v) is 6.82. The SMILES string of the molecule is C/C(=N\NC=O)c1ccccc1. The van der Waals surface area contributed by atoms with Gasteiger partial charge in [-0.15, -0.1) is 0 Å². The van der Waals surface area contributed by atoms with Gasteiger partial charge in [0, 0.05) is 0 Å². The van der Waals surface area contributed by atoms with E-state index in [2.05, 4.69) is 10.5 Å². The molecule has 0 aliphatic carbocycles. The summed E-state index contributed by atoms with van der Waals surface area (Å²) in [6.45, 7) is 1.84. The van der Waals surface area contributed by atoms with E-state index in [4.69, 9.17) is 0 Å². The molecule has 1 amide bonds. The summed E-state index contributed by atoms with van der Waals surface area (Å²) in [5.74, 6) is 0. The van der Waals surface area contributed by atoms with E-state index in [9.17, 15) is 4.79 Å². The van der Waals surface area contributed by atoms with E-state index in [0.717, 1.165) is 11.3 Å². The molecule has 0 aromatic heterocycles. The predicted octanol–water partition coefficient (Wildman–Crippen LogP) is 1.16. The lowest BCUT2D eigenvalue weighted by atomic mass is 10.1. The van der Waals surface area contributed by atoms with Gasteiger partial charge in [-0.25, -0.2) is 5.43 Å². The first kappa shape index (κ1) is 8.46. The molecular formula is C9H10N2O. The summed E-state index contributed by atoms with van der Waals surface area (Å²) >= 11 is 0. The molecule has 12 heavy (non-hydrogen) atoms. The van der Waals surface area contributed by atoms with Gasteiger partial charge in [-0.2, -0.15) is 5.10 Å². The Kier molecular flexibility index (Phi) is 3.02. The second kappa shape index (κ2) is 4.28. The molecule has 3 heteroatoms. The summed E-state index contributed by atoms with van der Waals surface area (Å²) in [5.41, 5.74) is 4.05. The molecule has 62 valence electrons. The van der Waals surface area contributed by atoms with Gasteiger partial charge in [0.2, 0.25) is 6.41 Å². The number of hydrogen-bond acceptors (Lipinski definition) is 2. The first-order valence-electron chi connectivity index (χ1n) is 3.63. The van der Waals surface area contributed by atoms with Crippen LogP contribution < -0.4 is 5.43 Å². The number of benzene rings is 1. The van der Waals surface area contributed by atoms with E-state index in [1.807, 2.05) is 37.3 Å². The fraction of sp³-hybridized carbons (Fsp3) is 0.111. The second-order valence-electron chi connectivity index (χ2n) is 2.31. The van der Waals surface area contributed by atoms with Crippen LogP contribution in [0.25, 0.3) is 0 Å². The van der Waals surface area contributed by atoms with Crippen molar-refractivity contribution in [1.29, 1.82) is 0 Å². The number of hydrazone groups is 1. The third kappa shape index (κ3) is 2.20. The highest BCUT2D eigenvalue weighted by Gasteiger charge is 1.93. The minimum Gasteiger partial charge on any atom is -0.277 e. The Morgan fingerprint density at radius 1 is 1.42 bits per heavy atom. The van der Waals surface area contributed by atoms with Crippen LogP contribution in [0.2, 0.25) is 0 Å². The van der Waals surface area contributed by atoms with E-state index in [1.165, 1.54) is 0 Å². The van der Waals surface area contributed by atoms with Crippen LogP contribution in [0.1, 0.15) is 12.5 Å². The first-order valence-corrected chi connectivity index (χ1v) is 3.63. The summed E-state index contributed by atoms with van der Waals surface area (Å²) in [5, 5.41) is 3.81. The lowest BCUT2D eigenvalue weighted by Gasteiger charge is -1.97. The van der Waals surface area contributed by atoms with Gasteiger partial charge in [0.25, 0.3) is 0 Å². The molecule has 1 N–H and O–H groups in total. The lowest BCUT2D eigenvalue weighted by molar-refractivity contribution is -0.109. The van der Waals surface area contributed by atoms with Crippen molar-refractivity contribution in [3.8, 4) is 0 Å². The number of nitrogens with one attached hydrogen (secondary N) is 1. The third-order valence-corrected chi connectivity index (χ3v) is 1.48. The average molecular weight is 162 g/mol. The number of hydrogen-bond donors (Lipinski definition) is 1. The Balaban J connectivity index is 2.77. The number of carbonyl (C=O) groups is 1. The highest BCUT2D eigenvalue weighted by atomic mass is 16.1. The van der Waals surface area contributed by atoms with E-state index in [-0.39, 0.29) is 0 Å². The molecular weight excluding hydrogens is 152 g/mol. The Labute approximate surface area is 71.1 Å². The van der Waals surface area contributed by atoms with Crippen molar-refractivity contribution in [3.05, 3.63) is 35.9 Å². The van der Waals surface area contributed by atoms with Gasteiger partial charge < -0.3 is 0 Å². The molecule has 0 unspecified atom stereocenters. The van der Waals surface area contributed by atoms with Gasteiger partial charge in [-0.05, 0) is 12.5 Å². The fourth-order valence-electron chi connectivity index (χ4n) is 0.867. The van der Waals surface area contributed by atoms with Gasteiger partial charge in [0.1, 0.15) is 0 Å². The van der Waals surface area contributed by atoms with Crippen molar-refractivity contribution in [2.45, 2.75) is 6.92 Å². The molecule has 1 aromatic rings. The van der Waals surface area contributed by atoms with Crippen molar-refractivity contribution >= 4 is 12.1 Å². The van der Waals surface area contributed by atoms with Crippen LogP contribution in [-0.4, -0.2) is 12.1 Å². The molecule has 0 aliphatic heterocycles. The van der Waals surface area contributed by atoms with Gasteiger partial charge >= 0.3 is 0 Å².